The number of allylic oxidation sites excluding steroid dienone is 1. The summed E-state index contributed by atoms with van der Waals surface area (Å²) in [5.41, 5.74) is 7.54. The molecule has 3 N–H and O–H groups in total. The highest BCUT2D eigenvalue weighted by atomic mass is 16.5. The number of benzene rings is 2. The van der Waals surface area contributed by atoms with Crippen molar-refractivity contribution >= 4 is 22.5 Å². The van der Waals surface area contributed by atoms with E-state index < -0.39 is 0 Å². The molecule has 2 aromatic heterocycles. The Labute approximate surface area is 196 Å². The molecule has 2 heterocycles. The quantitative estimate of drug-likeness (QED) is 0.401. The highest BCUT2D eigenvalue weighted by molar-refractivity contribution is 5.99. The van der Waals surface area contributed by atoms with E-state index >= 15 is 0 Å². The molecule has 0 saturated heterocycles. The first kappa shape index (κ1) is 21.6. The summed E-state index contributed by atoms with van der Waals surface area (Å²) in [5, 5.41) is 11.7. The normalized spacial score (nSPS) is 17.6. The molecule has 1 aliphatic rings. The van der Waals surface area contributed by atoms with E-state index in [1.165, 1.54) is 6.08 Å². The minimum absolute atomic E-state index is 0.0447. The van der Waals surface area contributed by atoms with Gasteiger partial charge >= 0.3 is 0 Å². The number of nitrogen functional groups attached to an aromatic ring is 1. The van der Waals surface area contributed by atoms with E-state index in [0.29, 0.717) is 28.9 Å². The second-order valence-electron chi connectivity index (χ2n) is 8.54. The minimum Gasteiger partial charge on any atom is -0.457 e. The van der Waals surface area contributed by atoms with E-state index in [2.05, 4.69) is 16.8 Å². The number of anilines is 1. The van der Waals surface area contributed by atoms with Gasteiger partial charge < -0.3 is 10.5 Å². The van der Waals surface area contributed by atoms with Gasteiger partial charge in [0.05, 0.1) is 5.39 Å². The summed E-state index contributed by atoms with van der Waals surface area (Å²) in [6.07, 6.45) is 4.07. The largest absolute Gasteiger partial charge is 0.457 e. The van der Waals surface area contributed by atoms with Crippen molar-refractivity contribution in [3.05, 3.63) is 77.6 Å². The van der Waals surface area contributed by atoms with Crippen LogP contribution in [0.15, 0.2) is 72.0 Å². The van der Waals surface area contributed by atoms with E-state index in [0.717, 1.165) is 30.6 Å². The van der Waals surface area contributed by atoms with E-state index in [9.17, 15) is 9.59 Å². The Morgan fingerprint density at radius 3 is 2.62 bits per heavy atom. The summed E-state index contributed by atoms with van der Waals surface area (Å²) in [7, 11) is 0. The van der Waals surface area contributed by atoms with Gasteiger partial charge in [0, 0.05) is 18.0 Å². The van der Waals surface area contributed by atoms with E-state index in [1.54, 1.807) is 4.68 Å². The van der Waals surface area contributed by atoms with Crippen LogP contribution in [0.4, 0.5) is 5.82 Å². The molecule has 4 aromatic rings. The number of hydrogen-bond acceptors (Lipinski definition) is 6. The number of hydrogen-bond donors (Lipinski definition) is 2. The van der Waals surface area contributed by atoms with Gasteiger partial charge in [-0.05, 0) is 61.2 Å². The van der Waals surface area contributed by atoms with Gasteiger partial charge in [-0.1, -0.05) is 31.2 Å². The highest BCUT2D eigenvalue weighted by Gasteiger charge is 2.33. The standard InChI is InChI=1S/C26H25N5O3/c1-2-21(32)20-10-6-7-17(20)15-31-24-22(25(27)28-29-26(24)33)23(30-31)16-11-13-19(14-12-16)34-18-8-4-3-5-9-18/h2-5,8-9,11-14,17,20H,1,6-7,10,15H2,(H2,27,28)(H,29,33)/t17-,20?/m0/s1. The molecule has 0 amide bonds. The lowest BCUT2D eigenvalue weighted by Gasteiger charge is -2.17. The smallest absolute Gasteiger partial charge is 0.290 e. The van der Waals surface area contributed by atoms with Crippen molar-refractivity contribution in [2.24, 2.45) is 11.8 Å². The van der Waals surface area contributed by atoms with Gasteiger partial charge in [0.25, 0.3) is 5.56 Å². The lowest BCUT2D eigenvalue weighted by atomic mass is 9.92. The molecule has 8 nitrogen and oxygen atoms in total. The Hall–Kier alpha value is -4.20. The van der Waals surface area contributed by atoms with Gasteiger partial charge in [-0.3, -0.25) is 14.3 Å². The number of carbonyl (C=O) groups excluding carboxylic acids is 1. The number of fused-ring (bicyclic) bond motifs is 1. The van der Waals surface area contributed by atoms with Crippen molar-refractivity contribution in [1.82, 2.24) is 20.0 Å². The van der Waals surface area contributed by atoms with Crippen molar-refractivity contribution < 1.29 is 9.53 Å². The van der Waals surface area contributed by atoms with Gasteiger partial charge in [0.1, 0.15) is 22.7 Å². The molecule has 2 atom stereocenters. The maximum atomic E-state index is 12.8. The van der Waals surface area contributed by atoms with Gasteiger partial charge in [0.2, 0.25) is 0 Å². The molecule has 1 unspecified atom stereocenters. The highest BCUT2D eigenvalue weighted by Crippen LogP contribution is 2.36. The fourth-order valence-corrected chi connectivity index (χ4v) is 4.80. The van der Waals surface area contributed by atoms with Crippen LogP contribution in [0.5, 0.6) is 11.5 Å². The summed E-state index contributed by atoms with van der Waals surface area (Å²) >= 11 is 0. The van der Waals surface area contributed by atoms with E-state index in [4.69, 9.17) is 15.6 Å². The van der Waals surface area contributed by atoms with Crippen LogP contribution < -0.4 is 16.0 Å². The summed E-state index contributed by atoms with van der Waals surface area (Å²) in [6.45, 7) is 4.08. The third-order valence-corrected chi connectivity index (χ3v) is 6.44. The number of ether oxygens (including phenoxy) is 1. The van der Waals surface area contributed by atoms with Crippen LogP contribution >= 0.6 is 0 Å². The molecule has 2 aromatic carbocycles. The molecule has 1 fully saturated rings. The third kappa shape index (κ3) is 3.98. The zero-order valence-electron chi connectivity index (χ0n) is 18.6. The van der Waals surface area contributed by atoms with Gasteiger partial charge in [0.15, 0.2) is 11.6 Å². The predicted octanol–water partition coefficient (Wildman–Crippen LogP) is 4.33. The zero-order valence-corrected chi connectivity index (χ0v) is 18.6. The fourth-order valence-electron chi connectivity index (χ4n) is 4.80. The van der Waals surface area contributed by atoms with Gasteiger partial charge in [-0.25, -0.2) is 5.10 Å². The Morgan fingerprint density at radius 1 is 1.15 bits per heavy atom. The molecule has 0 aliphatic heterocycles. The lowest BCUT2D eigenvalue weighted by Crippen LogP contribution is -2.23. The molecule has 5 rings (SSSR count). The topological polar surface area (TPSA) is 116 Å². The SMILES string of the molecule is C=CC(=O)C1CCC[C@H]1Cn1nc(-c2ccc(Oc3ccccc3)cc2)c2c(N)n[nH]c(=O)c21. The molecule has 1 aliphatic carbocycles. The summed E-state index contributed by atoms with van der Waals surface area (Å²) in [5.74, 6) is 1.64. The summed E-state index contributed by atoms with van der Waals surface area (Å²) in [4.78, 5) is 25.1. The van der Waals surface area contributed by atoms with E-state index in [1.807, 2.05) is 54.6 Å². The average molecular weight is 456 g/mol. The number of para-hydroxylation sites is 1. The zero-order chi connectivity index (χ0) is 23.7. The molecular weight excluding hydrogens is 430 g/mol. The second-order valence-corrected chi connectivity index (χ2v) is 8.54. The van der Waals surface area contributed by atoms with Crippen molar-refractivity contribution in [2.75, 3.05) is 5.73 Å². The summed E-state index contributed by atoms with van der Waals surface area (Å²) < 4.78 is 7.56. The number of nitrogens with zero attached hydrogens (tertiary/aromatic N) is 3. The van der Waals surface area contributed by atoms with E-state index in [-0.39, 0.29) is 29.0 Å². The van der Waals surface area contributed by atoms with Crippen LogP contribution in [0.25, 0.3) is 22.2 Å². The average Bonchev–Trinajstić information content (AvgIpc) is 3.48. The lowest BCUT2D eigenvalue weighted by molar-refractivity contribution is -0.119. The molecule has 0 bridgehead atoms. The van der Waals surface area contributed by atoms with Gasteiger partial charge in [-0.2, -0.15) is 10.2 Å². The number of aromatic amines is 1. The van der Waals surface area contributed by atoms with Gasteiger partial charge in [-0.15, -0.1) is 0 Å². The Bertz CT molecular complexity index is 1410. The number of ketones is 1. The number of aromatic nitrogens is 4. The molecule has 172 valence electrons. The molecule has 0 radical (unpaired) electrons. The van der Waals surface area contributed by atoms with Crippen molar-refractivity contribution in [3.63, 3.8) is 0 Å². The monoisotopic (exact) mass is 455 g/mol. The van der Waals surface area contributed by atoms with Crippen molar-refractivity contribution in [1.29, 1.82) is 0 Å². The number of rotatable bonds is 7. The number of carbonyl (C=O) groups is 1. The molecular formula is C26H25N5O3. The maximum Gasteiger partial charge on any atom is 0.290 e. The van der Waals surface area contributed by atoms with Crippen LogP contribution in [-0.4, -0.2) is 25.8 Å². The predicted molar refractivity (Wildman–Crippen MR) is 131 cm³/mol. The summed E-state index contributed by atoms with van der Waals surface area (Å²) in [6, 6.07) is 17.0. The van der Waals surface area contributed by atoms with Crippen LogP contribution in [0, 0.1) is 11.8 Å². The Kier molecular flexibility index (Phi) is 5.71. The number of nitrogens with one attached hydrogen (secondary N) is 1. The van der Waals surface area contributed by atoms with Crippen LogP contribution in [0.3, 0.4) is 0 Å². The Balaban J connectivity index is 1.52. The van der Waals surface area contributed by atoms with Crippen LogP contribution in [0.1, 0.15) is 19.3 Å². The Morgan fingerprint density at radius 2 is 1.88 bits per heavy atom. The van der Waals surface area contributed by atoms with Crippen molar-refractivity contribution in [2.45, 2.75) is 25.8 Å². The first-order valence-corrected chi connectivity index (χ1v) is 11.3. The first-order valence-electron chi connectivity index (χ1n) is 11.3. The second kappa shape index (κ2) is 8.97. The first-order chi connectivity index (χ1) is 16.5. The number of H-pyrrole nitrogens is 1. The third-order valence-electron chi connectivity index (χ3n) is 6.44. The minimum atomic E-state index is -0.364. The fraction of sp³-hybridized carbons (Fsp3) is 0.231. The molecule has 0 spiro atoms. The molecule has 34 heavy (non-hydrogen) atoms. The maximum absolute atomic E-state index is 12.8. The van der Waals surface area contributed by atoms with Crippen molar-refractivity contribution in [3.8, 4) is 22.8 Å². The molecule has 1 saturated carbocycles. The molecule has 8 heteroatoms. The van der Waals surface area contributed by atoms with Crippen LogP contribution in [0.2, 0.25) is 0 Å². The number of nitrogens with two attached hydrogens (primary N) is 1. The van der Waals surface area contributed by atoms with Crippen LogP contribution in [-0.2, 0) is 11.3 Å².